The van der Waals surface area contributed by atoms with Gasteiger partial charge in [0.1, 0.15) is 0 Å². The summed E-state index contributed by atoms with van der Waals surface area (Å²) in [5, 5.41) is 0. The topological polar surface area (TPSA) is 55.6 Å². The Bertz CT molecular complexity index is 586. The first kappa shape index (κ1) is 15.6. The van der Waals surface area contributed by atoms with Gasteiger partial charge in [0.2, 0.25) is 0 Å². The smallest absolute Gasteiger partial charge is 0.255 e. The van der Waals surface area contributed by atoms with Crippen molar-refractivity contribution in [3.05, 3.63) is 34.9 Å². The zero-order valence-corrected chi connectivity index (χ0v) is 12.8. The van der Waals surface area contributed by atoms with E-state index in [-0.39, 0.29) is 24.6 Å². The van der Waals surface area contributed by atoms with Crippen LogP contribution in [-0.4, -0.2) is 42.6 Å². The molecule has 1 aliphatic heterocycles. The molecule has 112 valence electrons. The molecule has 0 spiro atoms. The summed E-state index contributed by atoms with van der Waals surface area (Å²) in [6, 6.07) is 5.80. The highest BCUT2D eigenvalue weighted by Gasteiger charge is 2.29. The molecule has 4 heteroatoms. The summed E-state index contributed by atoms with van der Waals surface area (Å²) in [5.74, 6) is 5.85. The van der Waals surface area contributed by atoms with Crippen LogP contribution in [0.5, 0.6) is 0 Å². The second kappa shape index (κ2) is 6.75. The van der Waals surface area contributed by atoms with E-state index in [1.807, 2.05) is 43.9 Å². The second-order valence-corrected chi connectivity index (χ2v) is 5.51. The third-order valence-electron chi connectivity index (χ3n) is 3.60. The zero-order chi connectivity index (χ0) is 15.4. The summed E-state index contributed by atoms with van der Waals surface area (Å²) < 4.78 is 5.58. The molecule has 2 N–H and O–H groups in total. The predicted octanol–water partition coefficient (Wildman–Crippen LogP) is 1.55. The fourth-order valence-electron chi connectivity index (χ4n) is 2.44. The first-order valence-corrected chi connectivity index (χ1v) is 7.25. The number of hydrogen-bond donors (Lipinski definition) is 1. The van der Waals surface area contributed by atoms with Crippen LogP contribution in [0.1, 0.15) is 35.3 Å². The van der Waals surface area contributed by atoms with Gasteiger partial charge in [-0.15, -0.1) is 0 Å². The van der Waals surface area contributed by atoms with E-state index in [0.717, 1.165) is 11.1 Å². The lowest BCUT2D eigenvalue weighted by molar-refractivity contribution is -0.0387. The molecular formula is C17H22N2O2. The van der Waals surface area contributed by atoms with Crippen LogP contribution in [0, 0.1) is 18.8 Å². The number of nitrogens with two attached hydrogens (primary N) is 1. The lowest BCUT2D eigenvalue weighted by atomic mass is 10.0. The highest BCUT2D eigenvalue weighted by atomic mass is 16.5. The van der Waals surface area contributed by atoms with E-state index >= 15 is 0 Å². The van der Waals surface area contributed by atoms with Crippen LogP contribution in [0.2, 0.25) is 0 Å². The molecule has 2 unspecified atom stereocenters. The number of amides is 1. The number of ether oxygens (including phenoxy) is 1. The molecule has 0 saturated carbocycles. The summed E-state index contributed by atoms with van der Waals surface area (Å²) >= 11 is 0. The SMILES string of the molecule is Cc1ccc(C(=O)N2CC(C)OCC2C)c(C#CCN)c1. The van der Waals surface area contributed by atoms with E-state index in [1.54, 1.807) is 0 Å². The Kier molecular flexibility index (Phi) is 5.00. The largest absolute Gasteiger partial charge is 0.375 e. The fraction of sp³-hybridized carbons (Fsp3) is 0.471. The van der Waals surface area contributed by atoms with Gasteiger partial charge in [0.25, 0.3) is 5.91 Å². The molecule has 0 bridgehead atoms. The molecule has 4 nitrogen and oxygen atoms in total. The van der Waals surface area contributed by atoms with E-state index in [9.17, 15) is 4.79 Å². The summed E-state index contributed by atoms with van der Waals surface area (Å²) in [6.45, 7) is 7.44. The van der Waals surface area contributed by atoms with Crippen LogP contribution in [-0.2, 0) is 4.74 Å². The van der Waals surface area contributed by atoms with Gasteiger partial charge in [0, 0.05) is 12.1 Å². The van der Waals surface area contributed by atoms with Crippen molar-refractivity contribution in [3.8, 4) is 11.8 Å². The van der Waals surface area contributed by atoms with Crippen LogP contribution in [0.4, 0.5) is 0 Å². The Labute approximate surface area is 126 Å². The maximum absolute atomic E-state index is 12.8. The number of carbonyl (C=O) groups is 1. The van der Waals surface area contributed by atoms with Crippen LogP contribution < -0.4 is 5.73 Å². The van der Waals surface area contributed by atoms with Crippen molar-refractivity contribution >= 4 is 5.91 Å². The van der Waals surface area contributed by atoms with Gasteiger partial charge in [-0.1, -0.05) is 17.9 Å². The average Bonchev–Trinajstić information content (AvgIpc) is 2.47. The standard InChI is InChI=1S/C17H22N2O2/c1-12-6-7-16(15(9-12)5-4-8-18)17(20)19-10-14(3)21-11-13(19)2/h6-7,9,13-14H,8,10-11,18H2,1-3H3. The minimum absolute atomic E-state index is 0.0129. The summed E-state index contributed by atoms with van der Waals surface area (Å²) in [6.07, 6.45) is 0.0641. The predicted molar refractivity (Wildman–Crippen MR) is 83.0 cm³/mol. The molecule has 1 fully saturated rings. The molecule has 1 aliphatic rings. The molecule has 1 saturated heterocycles. The van der Waals surface area contributed by atoms with Gasteiger partial charge in [0.05, 0.1) is 30.9 Å². The van der Waals surface area contributed by atoms with Gasteiger partial charge < -0.3 is 15.4 Å². The summed E-state index contributed by atoms with van der Waals surface area (Å²) in [5.41, 5.74) is 7.91. The number of carbonyl (C=O) groups excluding carboxylic acids is 1. The number of benzene rings is 1. The highest BCUT2D eigenvalue weighted by molar-refractivity contribution is 5.97. The molecule has 2 atom stereocenters. The Morgan fingerprint density at radius 2 is 2.24 bits per heavy atom. The third kappa shape index (κ3) is 3.63. The lowest BCUT2D eigenvalue weighted by Gasteiger charge is -2.37. The minimum atomic E-state index is 0.0129. The van der Waals surface area contributed by atoms with Gasteiger partial charge in [-0.3, -0.25) is 4.79 Å². The molecule has 0 aromatic heterocycles. The zero-order valence-electron chi connectivity index (χ0n) is 12.8. The molecular weight excluding hydrogens is 264 g/mol. The van der Waals surface area contributed by atoms with Crippen LogP contribution in [0.25, 0.3) is 0 Å². The molecule has 1 aromatic carbocycles. The molecule has 1 aromatic rings. The van der Waals surface area contributed by atoms with E-state index in [4.69, 9.17) is 10.5 Å². The highest BCUT2D eigenvalue weighted by Crippen LogP contribution is 2.18. The maximum Gasteiger partial charge on any atom is 0.255 e. The van der Waals surface area contributed by atoms with Gasteiger partial charge in [0.15, 0.2) is 0 Å². The molecule has 21 heavy (non-hydrogen) atoms. The van der Waals surface area contributed by atoms with E-state index in [0.29, 0.717) is 18.7 Å². The van der Waals surface area contributed by atoms with Crippen molar-refractivity contribution in [2.75, 3.05) is 19.7 Å². The molecule has 0 radical (unpaired) electrons. The van der Waals surface area contributed by atoms with Crippen molar-refractivity contribution in [2.45, 2.75) is 32.9 Å². The Morgan fingerprint density at radius 3 is 2.95 bits per heavy atom. The lowest BCUT2D eigenvalue weighted by Crippen LogP contribution is -2.50. The molecule has 2 rings (SSSR count). The van der Waals surface area contributed by atoms with E-state index in [2.05, 4.69) is 11.8 Å². The normalized spacial score (nSPS) is 21.6. The van der Waals surface area contributed by atoms with Gasteiger partial charge in [-0.05, 0) is 38.5 Å². The fourth-order valence-corrected chi connectivity index (χ4v) is 2.44. The van der Waals surface area contributed by atoms with Crippen molar-refractivity contribution in [1.82, 2.24) is 4.90 Å². The minimum Gasteiger partial charge on any atom is -0.375 e. The van der Waals surface area contributed by atoms with Gasteiger partial charge >= 0.3 is 0 Å². The molecule has 0 aliphatic carbocycles. The number of nitrogens with zero attached hydrogens (tertiary/aromatic N) is 1. The number of hydrogen-bond acceptors (Lipinski definition) is 3. The van der Waals surface area contributed by atoms with E-state index in [1.165, 1.54) is 0 Å². The van der Waals surface area contributed by atoms with Gasteiger partial charge in [-0.2, -0.15) is 0 Å². The molecule has 1 amide bonds. The number of aryl methyl sites for hydroxylation is 1. The van der Waals surface area contributed by atoms with Crippen LogP contribution in [0.15, 0.2) is 18.2 Å². The van der Waals surface area contributed by atoms with Crippen LogP contribution >= 0.6 is 0 Å². The first-order valence-electron chi connectivity index (χ1n) is 7.25. The maximum atomic E-state index is 12.8. The Morgan fingerprint density at radius 1 is 1.48 bits per heavy atom. The average molecular weight is 286 g/mol. The molecule has 1 heterocycles. The number of rotatable bonds is 1. The van der Waals surface area contributed by atoms with Gasteiger partial charge in [-0.25, -0.2) is 0 Å². The van der Waals surface area contributed by atoms with Crippen molar-refractivity contribution in [1.29, 1.82) is 0 Å². The summed E-state index contributed by atoms with van der Waals surface area (Å²) in [7, 11) is 0. The van der Waals surface area contributed by atoms with Crippen molar-refractivity contribution in [3.63, 3.8) is 0 Å². The second-order valence-electron chi connectivity index (χ2n) is 5.51. The number of morpholine rings is 1. The van der Waals surface area contributed by atoms with E-state index < -0.39 is 0 Å². The van der Waals surface area contributed by atoms with Crippen molar-refractivity contribution in [2.24, 2.45) is 5.73 Å². The quantitative estimate of drug-likeness (QED) is 0.797. The third-order valence-corrected chi connectivity index (χ3v) is 3.60. The Balaban J connectivity index is 2.34. The summed E-state index contributed by atoms with van der Waals surface area (Å²) in [4.78, 5) is 14.7. The van der Waals surface area contributed by atoms with Crippen LogP contribution in [0.3, 0.4) is 0 Å². The van der Waals surface area contributed by atoms with Crippen molar-refractivity contribution < 1.29 is 9.53 Å². The monoisotopic (exact) mass is 286 g/mol. The first-order chi connectivity index (χ1) is 10.0. The Hall–Kier alpha value is -1.83.